The Bertz CT molecular complexity index is 1380. The summed E-state index contributed by atoms with van der Waals surface area (Å²) in [5.74, 6) is -5.10. The van der Waals surface area contributed by atoms with Crippen molar-refractivity contribution in [2.75, 3.05) is 11.5 Å². The Morgan fingerprint density at radius 2 is 1.14 bits per heavy atom. The van der Waals surface area contributed by atoms with Crippen LogP contribution in [0.15, 0.2) is 79.6 Å². The van der Waals surface area contributed by atoms with Crippen molar-refractivity contribution >= 4 is 23.7 Å². The van der Waals surface area contributed by atoms with Crippen molar-refractivity contribution in [1.29, 1.82) is 0 Å². The maximum atomic E-state index is 10.6. The number of carboxylic acids is 2. The molecule has 17 heteroatoms. The van der Waals surface area contributed by atoms with Gasteiger partial charge in [-0.1, -0.05) is 18.2 Å². The highest BCUT2D eigenvalue weighted by atomic mass is 19.4. The van der Waals surface area contributed by atoms with Crippen LogP contribution in [0.1, 0.15) is 34.2 Å². The number of nitrogens with zero attached hydrogens (tertiary/aromatic N) is 5. The summed E-state index contributed by atoms with van der Waals surface area (Å²) in [5.41, 5.74) is 15.5. The van der Waals surface area contributed by atoms with Crippen molar-refractivity contribution in [3.63, 3.8) is 0 Å². The molecule has 42 heavy (non-hydrogen) atoms. The normalized spacial score (nSPS) is 11.8. The quantitative estimate of drug-likeness (QED) is 0.243. The summed E-state index contributed by atoms with van der Waals surface area (Å²) in [4.78, 5) is 39.3. The number of rotatable bonds is 5. The first-order valence-electron chi connectivity index (χ1n) is 11.3. The molecule has 6 N–H and O–H groups in total. The number of pyridine rings is 3. The van der Waals surface area contributed by atoms with Crippen LogP contribution in [0, 0.1) is 0 Å². The van der Waals surface area contributed by atoms with Crippen molar-refractivity contribution < 1.29 is 46.1 Å². The molecule has 1 unspecified atom stereocenters. The second-order valence-corrected chi connectivity index (χ2v) is 7.99. The number of aliphatic carboxylic acids is 2. The molecule has 222 valence electrons. The molecule has 0 fully saturated rings. The van der Waals surface area contributed by atoms with Gasteiger partial charge in [0.1, 0.15) is 5.82 Å². The van der Waals surface area contributed by atoms with E-state index in [1.165, 1.54) is 0 Å². The lowest BCUT2D eigenvalue weighted by molar-refractivity contribution is -0.193. The summed E-state index contributed by atoms with van der Waals surface area (Å²) in [7, 11) is 0. The maximum Gasteiger partial charge on any atom is 0.490 e. The minimum Gasteiger partial charge on any atom is -0.475 e. The van der Waals surface area contributed by atoms with Crippen molar-refractivity contribution in [1.82, 2.24) is 24.9 Å². The van der Waals surface area contributed by atoms with Gasteiger partial charge < -0.3 is 21.7 Å². The molecule has 0 amide bonds. The number of hydrogen-bond acceptors (Lipinski definition) is 9. The molecule has 4 aromatic rings. The number of hydrogen-bond donors (Lipinski definition) is 4. The molecule has 0 aliphatic rings. The van der Waals surface area contributed by atoms with E-state index >= 15 is 0 Å². The molecule has 4 heterocycles. The summed E-state index contributed by atoms with van der Waals surface area (Å²) in [6.45, 7) is 0. The molecular formula is C25H21F6N7O4. The maximum absolute atomic E-state index is 10.6. The Hall–Kier alpha value is -5.35. The minimum absolute atomic E-state index is 0.0953. The molecule has 11 nitrogen and oxygen atoms in total. The number of nitrogen functional groups attached to an aromatic ring is 2. The van der Waals surface area contributed by atoms with E-state index in [1.807, 2.05) is 48.8 Å². The number of nitrogens with two attached hydrogens (primary N) is 2. The lowest BCUT2D eigenvalue weighted by Crippen LogP contribution is -2.21. The molecule has 0 saturated carbocycles. The third kappa shape index (κ3) is 10.00. The topological polar surface area (TPSA) is 191 Å². The fourth-order valence-electron chi connectivity index (χ4n) is 3.39. The predicted molar refractivity (Wildman–Crippen MR) is 135 cm³/mol. The molecule has 0 radical (unpaired) electrons. The molecule has 0 aliphatic heterocycles. The highest BCUT2D eigenvalue weighted by molar-refractivity contribution is 5.73. The summed E-state index contributed by atoms with van der Waals surface area (Å²) >= 11 is 0. The molecular weight excluding hydrogens is 576 g/mol. The van der Waals surface area contributed by atoms with Gasteiger partial charge in [-0.3, -0.25) is 9.97 Å². The average molecular weight is 597 g/mol. The minimum atomic E-state index is -5.08. The average Bonchev–Trinajstić information content (AvgIpc) is 2.93. The van der Waals surface area contributed by atoms with Crippen molar-refractivity contribution in [2.45, 2.75) is 24.2 Å². The van der Waals surface area contributed by atoms with Crippen LogP contribution in [0.3, 0.4) is 0 Å². The fourth-order valence-corrected chi connectivity index (χ4v) is 3.39. The van der Waals surface area contributed by atoms with E-state index in [0.29, 0.717) is 5.82 Å². The van der Waals surface area contributed by atoms with Crippen LogP contribution >= 0.6 is 0 Å². The number of anilines is 2. The summed E-state index contributed by atoms with van der Waals surface area (Å²) in [5, 5.41) is 14.2. The van der Waals surface area contributed by atoms with E-state index in [9.17, 15) is 26.3 Å². The smallest absolute Gasteiger partial charge is 0.475 e. The Labute approximate surface area is 232 Å². The van der Waals surface area contributed by atoms with Gasteiger partial charge in [0.05, 0.1) is 5.69 Å². The molecule has 0 saturated heterocycles. The van der Waals surface area contributed by atoms with Crippen LogP contribution < -0.4 is 11.5 Å². The van der Waals surface area contributed by atoms with E-state index in [4.69, 9.17) is 31.3 Å². The van der Waals surface area contributed by atoms with Crippen molar-refractivity contribution in [3.05, 3.63) is 102 Å². The van der Waals surface area contributed by atoms with Gasteiger partial charge in [-0.2, -0.15) is 26.3 Å². The van der Waals surface area contributed by atoms with E-state index in [2.05, 4.69) is 24.9 Å². The lowest BCUT2D eigenvalue weighted by atomic mass is 9.76. The molecule has 4 aromatic heterocycles. The van der Waals surface area contributed by atoms with Crippen molar-refractivity contribution in [2.24, 2.45) is 0 Å². The largest absolute Gasteiger partial charge is 0.490 e. The van der Waals surface area contributed by atoms with Crippen LogP contribution in [0.2, 0.25) is 0 Å². The zero-order chi connectivity index (χ0) is 31.5. The Kier molecular flexibility index (Phi) is 11.2. The van der Waals surface area contributed by atoms with Gasteiger partial charge in [-0.05, 0) is 41.0 Å². The standard InChI is InChI=1S/C21H19N7.2C2HF3O2/c22-18-6-5-16(13-27-18)20(17-7-10-26-21(23)28-17)19(14-3-1-8-24-11-14)15-4-2-9-25-12-15;2*3-2(4,5)1(6)7/h1-13,19-20H,(H2,22,27)(H2,23,26,28);2*(H,6,7). The number of carbonyl (C=O) groups is 2. The first-order valence-corrected chi connectivity index (χ1v) is 11.3. The zero-order valence-electron chi connectivity index (χ0n) is 21.0. The third-order valence-electron chi connectivity index (χ3n) is 5.09. The summed E-state index contributed by atoms with van der Waals surface area (Å²) in [6, 6.07) is 13.6. The summed E-state index contributed by atoms with van der Waals surface area (Å²) in [6.07, 6.45) is 0.509. The van der Waals surface area contributed by atoms with Gasteiger partial charge in [-0.25, -0.2) is 24.5 Å². The zero-order valence-corrected chi connectivity index (χ0v) is 21.0. The number of carboxylic acid groups (broad SMARTS) is 2. The molecule has 4 rings (SSSR count). The Balaban J connectivity index is 0.000000367. The number of aromatic nitrogens is 5. The van der Waals surface area contributed by atoms with Crippen LogP contribution in [-0.4, -0.2) is 59.4 Å². The van der Waals surface area contributed by atoms with Gasteiger partial charge in [0.15, 0.2) is 0 Å². The predicted octanol–water partition coefficient (Wildman–Crippen LogP) is 4.06. The molecule has 1 atom stereocenters. The van der Waals surface area contributed by atoms with Gasteiger partial charge in [-0.15, -0.1) is 0 Å². The molecule has 0 spiro atoms. The third-order valence-corrected chi connectivity index (χ3v) is 5.09. The summed E-state index contributed by atoms with van der Waals surface area (Å²) < 4.78 is 63.5. The van der Waals surface area contributed by atoms with Crippen LogP contribution in [0.25, 0.3) is 0 Å². The Morgan fingerprint density at radius 1 is 0.667 bits per heavy atom. The second-order valence-electron chi connectivity index (χ2n) is 7.99. The van der Waals surface area contributed by atoms with E-state index in [1.54, 1.807) is 30.9 Å². The van der Waals surface area contributed by atoms with Crippen LogP contribution in [0.5, 0.6) is 0 Å². The van der Waals surface area contributed by atoms with E-state index in [-0.39, 0.29) is 17.8 Å². The van der Waals surface area contributed by atoms with Gasteiger partial charge in [0.25, 0.3) is 0 Å². The SMILES string of the molecule is Nc1ccc(C(c2ccnc(N)n2)C(c2cccnc2)c2cccnc2)cn1.O=C(O)C(F)(F)F.O=C(O)C(F)(F)F. The van der Waals surface area contributed by atoms with Crippen molar-refractivity contribution in [3.8, 4) is 0 Å². The van der Waals surface area contributed by atoms with Gasteiger partial charge in [0, 0.05) is 49.0 Å². The highest BCUT2D eigenvalue weighted by Gasteiger charge is 2.39. The molecule has 0 bridgehead atoms. The highest BCUT2D eigenvalue weighted by Crippen LogP contribution is 2.41. The second kappa shape index (κ2) is 14.3. The van der Waals surface area contributed by atoms with Gasteiger partial charge >= 0.3 is 24.3 Å². The first-order chi connectivity index (χ1) is 19.6. The first kappa shape index (κ1) is 32.9. The van der Waals surface area contributed by atoms with Crippen LogP contribution in [0.4, 0.5) is 38.1 Å². The Morgan fingerprint density at radius 3 is 1.50 bits per heavy atom. The number of alkyl halides is 6. The van der Waals surface area contributed by atoms with Gasteiger partial charge in [0.2, 0.25) is 5.95 Å². The molecule has 0 aliphatic carbocycles. The lowest BCUT2D eigenvalue weighted by Gasteiger charge is -2.28. The monoisotopic (exact) mass is 597 g/mol. The number of halogens is 6. The molecule has 0 aromatic carbocycles. The van der Waals surface area contributed by atoms with E-state index < -0.39 is 24.3 Å². The van der Waals surface area contributed by atoms with Crippen LogP contribution in [-0.2, 0) is 9.59 Å². The van der Waals surface area contributed by atoms with E-state index in [0.717, 1.165) is 22.4 Å². The fraction of sp³-hybridized carbons (Fsp3) is 0.160.